The van der Waals surface area contributed by atoms with Crippen molar-refractivity contribution in [3.05, 3.63) is 53.5 Å². The Hall–Kier alpha value is -3.02. The van der Waals surface area contributed by atoms with Gasteiger partial charge in [-0.05, 0) is 37.6 Å². The van der Waals surface area contributed by atoms with Crippen molar-refractivity contribution in [3.8, 4) is 11.5 Å². The summed E-state index contributed by atoms with van der Waals surface area (Å²) in [7, 11) is 3.13. The maximum atomic E-state index is 12.8. The van der Waals surface area contributed by atoms with E-state index in [0.29, 0.717) is 28.6 Å². The molecule has 0 radical (unpaired) electrons. The average molecular weight is 325 g/mol. The highest BCUT2D eigenvalue weighted by Crippen LogP contribution is 2.29. The lowest BCUT2D eigenvalue weighted by Crippen LogP contribution is -2.16. The normalized spacial score (nSPS) is 10.7. The fourth-order valence-electron chi connectivity index (χ4n) is 2.63. The van der Waals surface area contributed by atoms with E-state index >= 15 is 0 Å². The van der Waals surface area contributed by atoms with Gasteiger partial charge < -0.3 is 14.8 Å². The van der Waals surface area contributed by atoms with Crippen molar-refractivity contribution in [2.45, 2.75) is 13.8 Å². The molecule has 0 aliphatic heterocycles. The SMILES string of the molecule is COc1ccc(NC(=O)c2c(C)nc3ccc(C)cn23)c(OC)c1. The number of pyridine rings is 1. The second kappa shape index (κ2) is 6.23. The molecule has 2 aromatic heterocycles. The molecule has 0 atom stereocenters. The summed E-state index contributed by atoms with van der Waals surface area (Å²) in [5.41, 5.74) is 3.54. The van der Waals surface area contributed by atoms with E-state index in [-0.39, 0.29) is 5.91 Å². The molecule has 3 rings (SSSR count). The first-order valence-corrected chi connectivity index (χ1v) is 7.52. The number of nitrogens with zero attached hydrogens (tertiary/aromatic N) is 2. The fourth-order valence-corrected chi connectivity index (χ4v) is 2.63. The van der Waals surface area contributed by atoms with Crippen molar-refractivity contribution in [3.63, 3.8) is 0 Å². The van der Waals surface area contributed by atoms with Gasteiger partial charge in [0.2, 0.25) is 0 Å². The standard InChI is InChI=1S/C18H19N3O3/c1-11-5-8-16-19-12(2)17(21(16)10-11)18(22)20-14-7-6-13(23-3)9-15(14)24-4/h5-10H,1-4H3,(H,20,22). The second-order valence-corrected chi connectivity index (χ2v) is 5.50. The first kappa shape index (κ1) is 15.9. The molecule has 1 N–H and O–H groups in total. The fraction of sp³-hybridized carbons (Fsp3) is 0.222. The highest BCUT2D eigenvalue weighted by molar-refractivity contribution is 6.05. The lowest BCUT2D eigenvalue weighted by Gasteiger charge is -2.12. The molecule has 0 aliphatic rings. The minimum atomic E-state index is -0.242. The van der Waals surface area contributed by atoms with Gasteiger partial charge in [-0.2, -0.15) is 0 Å². The highest BCUT2D eigenvalue weighted by Gasteiger charge is 2.18. The number of fused-ring (bicyclic) bond motifs is 1. The topological polar surface area (TPSA) is 64.9 Å². The van der Waals surface area contributed by atoms with Gasteiger partial charge in [-0.15, -0.1) is 0 Å². The molecule has 3 aromatic rings. The molecule has 0 spiro atoms. The van der Waals surface area contributed by atoms with Gasteiger partial charge in [0.05, 0.1) is 25.6 Å². The second-order valence-electron chi connectivity index (χ2n) is 5.50. The Kier molecular flexibility index (Phi) is 4.12. The molecule has 0 fully saturated rings. The van der Waals surface area contributed by atoms with Gasteiger partial charge in [-0.25, -0.2) is 4.98 Å². The molecule has 24 heavy (non-hydrogen) atoms. The summed E-state index contributed by atoms with van der Waals surface area (Å²) in [6.45, 7) is 3.80. The highest BCUT2D eigenvalue weighted by atomic mass is 16.5. The van der Waals surface area contributed by atoms with Gasteiger partial charge in [-0.3, -0.25) is 9.20 Å². The molecule has 124 valence electrons. The number of carbonyl (C=O) groups excluding carboxylic acids is 1. The summed E-state index contributed by atoms with van der Waals surface area (Å²) >= 11 is 0. The van der Waals surface area contributed by atoms with Crippen molar-refractivity contribution in [2.24, 2.45) is 0 Å². The summed E-state index contributed by atoms with van der Waals surface area (Å²) in [5.74, 6) is 0.950. The van der Waals surface area contributed by atoms with E-state index < -0.39 is 0 Å². The van der Waals surface area contributed by atoms with E-state index in [0.717, 1.165) is 11.2 Å². The summed E-state index contributed by atoms with van der Waals surface area (Å²) in [5, 5.41) is 2.89. The summed E-state index contributed by atoms with van der Waals surface area (Å²) < 4.78 is 12.3. The third kappa shape index (κ3) is 2.78. The third-order valence-electron chi connectivity index (χ3n) is 3.81. The van der Waals surface area contributed by atoms with Crippen LogP contribution in [0, 0.1) is 13.8 Å². The molecular weight excluding hydrogens is 306 g/mol. The zero-order chi connectivity index (χ0) is 17.3. The van der Waals surface area contributed by atoms with Gasteiger partial charge >= 0.3 is 0 Å². The van der Waals surface area contributed by atoms with E-state index in [1.165, 1.54) is 0 Å². The average Bonchev–Trinajstić information content (AvgIpc) is 2.90. The Morgan fingerprint density at radius 1 is 1.12 bits per heavy atom. The zero-order valence-corrected chi connectivity index (χ0v) is 14.1. The summed E-state index contributed by atoms with van der Waals surface area (Å²) in [4.78, 5) is 17.2. The lowest BCUT2D eigenvalue weighted by molar-refractivity contribution is 0.102. The monoisotopic (exact) mass is 325 g/mol. The van der Waals surface area contributed by atoms with Crippen molar-refractivity contribution < 1.29 is 14.3 Å². The van der Waals surface area contributed by atoms with Crippen molar-refractivity contribution in [1.29, 1.82) is 0 Å². The Morgan fingerprint density at radius 2 is 1.92 bits per heavy atom. The number of imidazole rings is 1. The lowest BCUT2D eigenvalue weighted by atomic mass is 10.2. The number of hydrogen-bond donors (Lipinski definition) is 1. The predicted octanol–water partition coefficient (Wildman–Crippen LogP) is 3.22. The molecular formula is C18H19N3O3. The zero-order valence-electron chi connectivity index (χ0n) is 14.1. The van der Waals surface area contributed by atoms with Gasteiger partial charge in [0.25, 0.3) is 5.91 Å². The quantitative estimate of drug-likeness (QED) is 0.800. The van der Waals surface area contributed by atoms with E-state index in [4.69, 9.17) is 9.47 Å². The number of carbonyl (C=O) groups is 1. The Labute approximate surface area is 140 Å². The first-order valence-electron chi connectivity index (χ1n) is 7.52. The number of hydrogen-bond acceptors (Lipinski definition) is 4. The molecule has 6 heteroatoms. The van der Waals surface area contributed by atoms with Gasteiger partial charge in [0.1, 0.15) is 22.8 Å². The van der Waals surface area contributed by atoms with Crippen LogP contribution in [0.3, 0.4) is 0 Å². The molecule has 0 saturated carbocycles. The number of benzene rings is 1. The van der Waals surface area contributed by atoms with Crippen LogP contribution < -0.4 is 14.8 Å². The van der Waals surface area contributed by atoms with Crippen LogP contribution in [0.5, 0.6) is 11.5 Å². The van der Waals surface area contributed by atoms with E-state index in [1.807, 2.05) is 32.2 Å². The Bertz CT molecular complexity index is 915. The minimum absolute atomic E-state index is 0.242. The number of ether oxygens (including phenoxy) is 2. The Morgan fingerprint density at radius 3 is 2.62 bits per heavy atom. The van der Waals surface area contributed by atoms with Gasteiger partial charge in [0, 0.05) is 12.3 Å². The van der Waals surface area contributed by atoms with E-state index in [1.54, 1.807) is 36.8 Å². The van der Waals surface area contributed by atoms with Gasteiger partial charge in [-0.1, -0.05) is 6.07 Å². The van der Waals surface area contributed by atoms with Crippen molar-refractivity contribution in [2.75, 3.05) is 19.5 Å². The maximum Gasteiger partial charge on any atom is 0.274 e. The number of nitrogens with one attached hydrogen (secondary N) is 1. The third-order valence-corrected chi connectivity index (χ3v) is 3.81. The molecule has 0 saturated heterocycles. The smallest absolute Gasteiger partial charge is 0.274 e. The number of aryl methyl sites for hydroxylation is 2. The Balaban J connectivity index is 1.99. The molecule has 1 amide bonds. The van der Waals surface area contributed by atoms with Crippen LogP contribution in [0.25, 0.3) is 5.65 Å². The van der Waals surface area contributed by atoms with Crippen LogP contribution in [0.2, 0.25) is 0 Å². The number of aromatic nitrogens is 2. The largest absolute Gasteiger partial charge is 0.497 e. The van der Waals surface area contributed by atoms with Crippen LogP contribution >= 0.6 is 0 Å². The van der Waals surface area contributed by atoms with Crippen molar-refractivity contribution in [1.82, 2.24) is 9.38 Å². The van der Waals surface area contributed by atoms with Crippen LogP contribution in [0.1, 0.15) is 21.7 Å². The molecule has 0 unspecified atom stereocenters. The number of amides is 1. The molecule has 0 aliphatic carbocycles. The number of methoxy groups -OCH3 is 2. The van der Waals surface area contributed by atoms with Crippen LogP contribution in [-0.2, 0) is 0 Å². The van der Waals surface area contributed by atoms with Crippen LogP contribution in [-0.4, -0.2) is 29.5 Å². The summed E-state index contributed by atoms with van der Waals surface area (Å²) in [6.07, 6.45) is 1.90. The molecule has 1 aromatic carbocycles. The van der Waals surface area contributed by atoms with E-state index in [2.05, 4.69) is 10.3 Å². The molecule has 2 heterocycles. The number of rotatable bonds is 4. The van der Waals surface area contributed by atoms with Crippen LogP contribution in [0.4, 0.5) is 5.69 Å². The first-order chi connectivity index (χ1) is 11.5. The van der Waals surface area contributed by atoms with Crippen LogP contribution in [0.15, 0.2) is 36.5 Å². The molecule has 6 nitrogen and oxygen atoms in total. The molecule has 0 bridgehead atoms. The summed E-state index contributed by atoms with van der Waals surface area (Å²) in [6, 6.07) is 9.10. The minimum Gasteiger partial charge on any atom is -0.497 e. The number of anilines is 1. The van der Waals surface area contributed by atoms with Crippen molar-refractivity contribution >= 4 is 17.2 Å². The maximum absolute atomic E-state index is 12.8. The van der Waals surface area contributed by atoms with E-state index in [9.17, 15) is 4.79 Å². The predicted molar refractivity (Wildman–Crippen MR) is 92.2 cm³/mol. The van der Waals surface area contributed by atoms with Gasteiger partial charge in [0.15, 0.2) is 0 Å².